The molecule has 1 atom stereocenters. The van der Waals surface area contributed by atoms with Crippen molar-refractivity contribution in [3.63, 3.8) is 0 Å². The van der Waals surface area contributed by atoms with E-state index < -0.39 is 0 Å². The van der Waals surface area contributed by atoms with E-state index in [9.17, 15) is 0 Å². The van der Waals surface area contributed by atoms with Gasteiger partial charge in [-0.2, -0.15) is 10.1 Å². The Labute approximate surface area is 131 Å². The molecule has 3 aromatic rings. The van der Waals surface area contributed by atoms with E-state index in [1.54, 1.807) is 11.3 Å². The number of anilines is 1. The van der Waals surface area contributed by atoms with E-state index in [2.05, 4.69) is 20.1 Å². The van der Waals surface area contributed by atoms with Crippen molar-refractivity contribution in [1.82, 2.24) is 24.9 Å². The number of fused-ring (bicyclic) bond motifs is 1. The first-order chi connectivity index (χ1) is 10.6. The van der Waals surface area contributed by atoms with Gasteiger partial charge in [0, 0.05) is 13.6 Å². The van der Waals surface area contributed by atoms with Gasteiger partial charge in [-0.1, -0.05) is 16.5 Å². The summed E-state index contributed by atoms with van der Waals surface area (Å²) in [6.07, 6.45) is 3.36. The number of aryl methyl sites for hydroxylation is 3. The number of thiazole rings is 1. The molecule has 1 aliphatic heterocycles. The van der Waals surface area contributed by atoms with Crippen LogP contribution in [0, 0.1) is 13.8 Å². The molecule has 4 rings (SSSR count). The molecule has 22 heavy (non-hydrogen) atoms. The van der Waals surface area contributed by atoms with Crippen molar-refractivity contribution in [1.29, 1.82) is 0 Å². The molecule has 0 aromatic carbocycles. The SMILES string of the molecule is Cc1noc([C@H]2CCCCN2c2nc3c(s2)c(C)nn3C)n1. The first-order valence-electron chi connectivity index (χ1n) is 7.50. The molecule has 0 radical (unpaired) electrons. The van der Waals surface area contributed by atoms with Gasteiger partial charge in [-0.15, -0.1) is 0 Å². The summed E-state index contributed by atoms with van der Waals surface area (Å²) in [6.45, 7) is 4.85. The van der Waals surface area contributed by atoms with Crippen molar-refractivity contribution >= 4 is 26.8 Å². The predicted molar refractivity (Wildman–Crippen MR) is 84.1 cm³/mol. The van der Waals surface area contributed by atoms with Crippen LogP contribution in [-0.4, -0.2) is 31.4 Å². The first-order valence-corrected chi connectivity index (χ1v) is 8.32. The summed E-state index contributed by atoms with van der Waals surface area (Å²) in [4.78, 5) is 11.5. The van der Waals surface area contributed by atoms with Crippen molar-refractivity contribution < 1.29 is 4.52 Å². The molecule has 0 amide bonds. The van der Waals surface area contributed by atoms with E-state index in [-0.39, 0.29) is 6.04 Å². The smallest absolute Gasteiger partial charge is 0.249 e. The third kappa shape index (κ3) is 2.09. The van der Waals surface area contributed by atoms with Gasteiger partial charge in [0.1, 0.15) is 6.04 Å². The molecule has 7 nitrogen and oxygen atoms in total. The molecule has 0 unspecified atom stereocenters. The highest BCUT2D eigenvalue weighted by molar-refractivity contribution is 7.22. The van der Waals surface area contributed by atoms with Crippen LogP contribution in [0.4, 0.5) is 5.13 Å². The number of hydrogen-bond acceptors (Lipinski definition) is 7. The zero-order valence-electron chi connectivity index (χ0n) is 12.9. The Balaban J connectivity index is 1.75. The minimum atomic E-state index is 0.128. The summed E-state index contributed by atoms with van der Waals surface area (Å²) in [5.74, 6) is 1.39. The summed E-state index contributed by atoms with van der Waals surface area (Å²) in [7, 11) is 1.94. The first kappa shape index (κ1) is 13.7. The van der Waals surface area contributed by atoms with Crippen LogP contribution in [0.3, 0.4) is 0 Å². The summed E-state index contributed by atoms with van der Waals surface area (Å²) in [6, 6.07) is 0.128. The third-order valence-electron chi connectivity index (χ3n) is 4.11. The van der Waals surface area contributed by atoms with Gasteiger partial charge >= 0.3 is 0 Å². The number of aromatic nitrogens is 5. The van der Waals surface area contributed by atoms with Gasteiger partial charge in [0.05, 0.1) is 10.4 Å². The zero-order valence-corrected chi connectivity index (χ0v) is 13.7. The predicted octanol–water partition coefficient (Wildman–Crippen LogP) is 2.76. The molecule has 3 aromatic heterocycles. The third-order valence-corrected chi connectivity index (χ3v) is 5.30. The fourth-order valence-electron chi connectivity index (χ4n) is 3.06. The maximum absolute atomic E-state index is 5.42. The number of hydrogen-bond donors (Lipinski definition) is 0. The van der Waals surface area contributed by atoms with Crippen molar-refractivity contribution in [3.05, 3.63) is 17.4 Å². The van der Waals surface area contributed by atoms with Crippen molar-refractivity contribution in [2.75, 3.05) is 11.4 Å². The van der Waals surface area contributed by atoms with E-state index in [0.29, 0.717) is 11.7 Å². The van der Waals surface area contributed by atoms with Crippen LogP contribution in [0.2, 0.25) is 0 Å². The number of piperidine rings is 1. The second-order valence-electron chi connectivity index (χ2n) is 5.74. The van der Waals surface area contributed by atoms with Crippen LogP contribution in [0.5, 0.6) is 0 Å². The van der Waals surface area contributed by atoms with Crippen LogP contribution in [0.15, 0.2) is 4.52 Å². The van der Waals surface area contributed by atoms with Gasteiger partial charge in [-0.3, -0.25) is 0 Å². The lowest BCUT2D eigenvalue weighted by molar-refractivity contribution is 0.321. The fraction of sp³-hybridized carbons (Fsp3) is 0.571. The van der Waals surface area contributed by atoms with E-state index in [0.717, 1.165) is 40.6 Å². The van der Waals surface area contributed by atoms with Crippen LogP contribution in [0.1, 0.15) is 42.7 Å². The molecule has 1 saturated heterocycles. The van der Waals surface area contributed by atoms with Crippen LogP contribution < -0.4 is 4.90 Å². The van der Waals surface area contributed by atoms with Crippen LogP contribution in [0.25, 0.3) is 10.3 Å². The molecule has 0 saturated carbocycles. The summed E-state index contributed by atoms with van der Waals surface area (Å²) < 4.78 is 8.42. The second-order valence-corrected chi connectivity index (χ2v) is 6.72. The highest BCUT2D eigenvalue weighted by Crippen LogP contribution is 2.38. The van der Waals surface area contributed by atoms with Crippen LogP contribution >= 0.6 is 11.3 Å². The molecule has 0 N–H and O–H groups in total. The van der Waals surface area contributed by atoms with Gasteiger partial charge in [0.25, 0.3) is 0 Å². The van der Waals surface area contributed by atoms with Crippen molar-refractivity contribution in [2.24, 2.45) is 7.05 Å². The molecule has 0 spiro atoms. The molecule has 8 heteroatoms. The average molecular weight is 318 g/mol. The maximum atomic E-state index is 5.42. The monoisotopic (exact) mass is 318 g/mol. The number of rotatable bonds is 2. The normalized spacial score (nSPS) is 19.2. The topological polar surface area (TPSA) is 72.9 Å². The summed E-state index contributed by atoms with van der Waals surface area (Å²) in [5.41, 5.74) is 1.98. The molecular formula is C14H18N6OS. The van der Waals surface area contributed by atoms with Gasteiger partial charge in [-0.25, -0.2) is 9.67 Å². The maximum Gasteiger partial charge on any atom is 0.249 e. The molecule has 116 valence electrons. The van der Waals surface area contributed by atoms with E-state index >= 15 is 0 Å². The molecule has 0 aliphatic carbocycles. The fourth-order valence-corrected chi connectivity index (χ4v) is 4.17. The molecule has 1 aliphatic rings. The Morgan fingerprint density at radius 3 is 2.82 bits per heavy atom. The zero-order chi connectivity index (χ0) is 15.3. The largest absolute Gasteiger partial charge is 0.337 e. The Morgan fingerprint density at radius 2 is 2.09 bits per heavy atom. The highest BCUT2D eigenvalue weighted by Gasteiger charge is 2.31. The van der Waals surface area contributed by atoms with Gasteiger partial charge < -0.3 is 9.42 Å². The molecular weight excluding hydrogens is 300 g/mol. The lowest BCUT2D eigenvalue weighted by Crippen LogP contribution is -2.33. The summed E-state index contributed by atoms with van der Waals surface area (Å²) >= 11 is 1.70. The highest BCUT2D eigenvalue weighted by atomic mass is 32.1. The quantitative estimate of drug-likeness (QED) is 0.723. The van der Waals surface area contributed by atoms with E-state index in [1.807, 2.05) is 25.6 Å². The van der Waals surface area contributed by atoms with Crippen LogP contribution in [-0.2, 0) is 7.05 Å². The standard InChI is InChI=1S/C14H18N6OS/c1-8-11-12(19(3)17-8)16-14(22-11)20-7-5-4-6-10(20)13-15-9(2)18-21-13/h10H,4-7H2,1-3H3/t10-/m1/s1. The molecule has 1 fully saturated rings. The molecule has 0 bridgehead atoms. The van der Waals surface area contributed by atoms with Crippen molar-refractivity contribution in [2.45, 2.75) is 39.2 Å². The van der Waals surface area contributed by atoms with Gasteiger partial charge in [-0.05, 0) is 33.1 Å². The minimum Gasteiger partial charge on any atom is -0.337 e. The Kier molecular flexibility index (Phi) is 3.14. The Hall–Kier alpha value is -1.96. The van der Waals surface area contributed by atoms with E-state index in [4.69, 9.17) is 9.51 Å². The Bertz CT molecular complexity index is 784. The van der Waals surface area contributed by atoms with Gasteiger partial charge in [0.15, 0.2) is 16.6 Å². The summed E-state index contributed by atoms with van der Waals surface area (Å²) in [5, 5.41) is 9.38. The van der Waals surface area contributed by atoms with E-state index in [1.165, 1.54) is 6.42 Å². The lowest BCUT2D eigenvalue weighted by Gasteiger charge is -2.32. The van der Waals surface area contributed by atoms with Crippen molar-refractivity contribution in [3.8, 4) is 0 Å². The second kappa shape index (κ2) is 5.05. The molecule has 4 heterocycles. The van der Waals surface area contributed by atoms with Gasteiger partial charge in [0.2, 0.25) is 5.89 Å². The average Bonchev–Trinajstić information content (AvgIpc) is 3.18. The lowest BCUT2D eigenvalue weighted by atomic mass is 10.0. The Morgan fingerprint density at radius 1 is 1.23 bits per heavy atom. The number of nitrogens with zero attached hydrogens (tertiary/aromatic N) is 6. The minimum absolute atomic E-state index is 0.128.